The monoisotopic (exact) mass is 234 g/mol. The van der Waals surface area contributed by atoms with E-state index < -0.39 is 0 Å². The zero-order valence-electron chi connectivity index (χ0n) is 11.4. The zero-order valence-corrected chi connectivity index (χ0v) is 11.4. The molecule has 94 valence electrons. The van der Waals surface area contributed by atoms with Gasteiger partial charge in [0.15, 0.2) is 11.5 Å². The van der Waals surface area contributed by atoms with Crippen molar-refractivity contribution in [3.05, 3.63) is 23.8 Å². The highest BCUT2D eigenvalue weighted by atomic mass is 16.7. The maximum atomic E-state index is 5.43. The highest BCUT2D eigenvalue weighted by molar-refractivity contribution is 5.45. The van der Waals surface area contributed by atoms with Crippen molar-refractivity contribution in [3.8, 4) is 11.5 Å². The van der Waals surface area contributed by atoms with Crippen molar-refractivity contribution in [2.45, 2.75) is 40.5 Å². The van der Waals surface area contributed by atoms with E-state index in [4.69, 9.17) is 9.47 Å². The Bertz CT molecular complexity index is 404. The van der Waals surface area contributed by atoms with E-state index in [0.717, 1.165) is 11.5 Å². The number of rotatable bonds is 2. The molecule has 1 aromatic carbocycles. The fourth-order valence-corrected chi connectivity index (χ4v) is 2.24. The van der Waals surface area contributed by atoms with Gasteiger partial charge in [0.1, 0.15) is 0 Å². The Morgan fingerprint density at radius 2 is 1.71 bits per heavy atom. The molecule has 0 spiro atoms. The predicted octanol–water partition coefficient (Wildman–Crippen LogP) is 4.20. The van der Waals surface area contributed by atoms with Crippen molar-refractivity contribution >= 4 is 0 Å². The SMILES string of the molecule is CC(c1ccc2c(c1)OCO2)C(C)C(C)(C)C. The average molecular weight is 234 g/mol. The molecule has 0 saturated carbocycles. The first-order valence-electron chi connectivity index (χ1n) is 6.29. The van der Waals surface area contributed by atoms with E-state index in [1.165, 1.54) is 5.56 Å². The van der Waals surface area contributed by atoms with Gasteiger partial charge in [0.05, 0.1) is 0 Å². The normalized spacial score (nSPS) is 17.9. The number of hydrogen-bond acceptors (Lipinski definition) is 2. The number of ether oxygens (including phenoxy) is 2. The summed E-state index contributed by atoms with van der Waals surface area (Å²) in [6, 6.07) is 6.29. The summed E-state index contributed by atoms with van der Waals surface area (Å²) in [5, 5.41) is 0. The largest absolute Gasteiger partial charge is 0.454 e. The molecular weight excluding hydrogens is 212 g/mol. The fraction of sp³-hybridized carbons (Fsp3) is 0.600. The van der Waals surface area contributed by atoms with Crippen LogP contribution in [0.5, 0.6) is 11.5 Å². The maximum Gasteiger partial charge on any atom is 0.231 e. The van der Waals surface area contributed by atoms with E-state index in [-0.39, 0.29) is 0 Å². The average Bonchev–Trinajstić information content (AvgIpc) is 2.72. The molecule has 17 heavy (non-hydrogen) atoms. The second-order valence-electron chi connectivity index (χ2n) is 6.06. The van der Waals surface area contributed by atoms with Crippen molar-refractivity contribution in [2.24, 2.45) is 11.3 Å². The summed E-state index contributed by atoms with van der Waals surface area (Å²) in [5.41, 5.74) is 1.65. The summed E-state index contributed by atoms with van der Waals surface area (Å²) in [5.74, 6) is 2.88. The quantitative estimate of drug-likeness (QED) is 0.763. The van der Waals surface area contributed by atoms with Gasteiger partial charge in [0.25, 0.3) is 0 Å². The van der Waals surface area contributed by atoms with Gasteiger partial charge in [-0.25, -0.2) is 0 Å². The van der Waals surface area contributed by atoms with Crippen LogP contribution in [0.3, 0.4) is 0 Å². The third-order valence-corrected chi connectivity index (χ3v) is 4.04. The van der Waals surface area contributed by atoms with Gasteiger partial charge in [0, 0.05) is 0 Å². The van der Waals surface area contributed by atoms with Crippen LogP contribution in [0.15, 0.2) is 18.2 Å². The predicted molar refractivity (Wildman–Crippen MR) is 69.6 cm³/mol. The van der Waals surface area contributed by atoms with E-state index in [2.05, 4.69) is 46.8 Å². The van der Waals surface area contributed by atoms with Crippen molar-refractivity contribution in [2.75, 3.05) is 6.79 Å². The summed E-state index contributed by atoms with van der Waals surface area (Å²) in [4.78, 5) is 0. The molecule has 2 unspecified atom stereocenters. The number of hydrogen-bond donors (Lipinski definition) is 0. The molecule has 1 aromatic rings. The molecule has 1 aliphatic heterocycles. The van der Waals surface area contributed by atoms with Crippen molar-refractivity contribution in [1.82, 2.24) is 0 Å². The Labute approximate surface area is 104 Å². The minimum absolute atomic E-state index is 0.315. The first-order chi connectivity index (χ1) is 7.89. The third kappa shape index (κ3) is 2.41. The lowest BCUT2D eigenvalue weighted by Crippen LogP contribution is -2.22. The maximum absolute atomic E-state index is 5.43. The van der Waals surface area contributed by atoms with Gasteiger partial charge in [-0.3, -0.25) is 0 Å². The summed E-state index contributed by atoms with van der Waals surface area (Å²) in [7, 11) is 0. The Morgan fingerprint density at radius 3 is 2.35 bits per heavy atom. The van der Waals surface area contributed by atoms with E-state index in [0.29, 0.717) is 24.0 Å². The summed E-state index contributed by atoms with van der Waals surface area (Å²) >= 11 is 0. The van der Waals surface area contributed by atoms with Gasteiger partial charge in [-0.1, -0.05) is 40.7 Å². The fourth-order valence-electron chi connectivity index (χ4n) is 2.24. The van der Waals surface area contributed by atoms with Crippen LogP contribution in [0, 0.1) is 11.3 Å². The molecule has 2 rings (SSSR count). The van der Waals surface area contributed by atoms with Crippen LogP contribution in [-0.4, -0.2) is 6.79 Å². The van der Waals surface area contributed by atoms with Crippen LogP contribution in [-0.2, 0) is 0 Å². The minimum atomic E-state index is 0.315. The zero-order chi connectivity index (χ0) is 12.6. The van der Waals surface area contributed by atoms with Gasteiger partial charge in [0.2, 0.25) is 6.79 Å². The lowest BCUT2D eigenvalue weighted by atomic mass is 9.73. The molecule has 0 N–H and O–H groups in total. The minimum Gasteiger partial charge on any atom is -0.454 e. The van der Waals surface area contributed by atoms with E-state index in [1.807, 2.05) is 6.07 Å². The van der Waals surface area contributed by atoms with Gasteiger partial charge in [-0.15, -0.1) is 0 Å². The van der Waals surface area contributed by atoms with Crippen molar-refractivity contribution < 1.29 is 9.47 Å². The lowest BCUT2D eigenvalue weighted by Gasteiger charge is -2.32. The molecule has 0 aliphatic carbocycles. The van der Waals surface area contributed by atoms with E-state index in [1.54, 1.807) is 0 Å². The highest BCUT2D eigenvalue weighted by Crippen LogP contribution is 2.40. The Morgan fingerprint density at radius 1 is 1.06 bits per heavy atom. The summed E-state index contributed by atoms with van der Waals surface area (Å²) < 4.78 is 10.8. The Hall–Kier alpha value is -1.18. The second-order valence-corrected chi connectivity index (χ2v) is 6.06. The van der Waals surface area contributed by atoms with Gasteiger partial charge in [-0.05, 0) is 34.9 Å². The second kappa shape index (κ2) is 4.25. The molecule has 1 aliphatic rings. The van der Waals surface area contributed by atoms with Gasteiger partial charge < -0.3 is 9.47 Å². The number of fused-ring (bicyclic) bond motifs is 1. The molecule has 1 heterocycles. The summed E-state index contributed by atoms with van der Waals surface area (Å²) in [6.07, 6.45) is 0. The van der Waals surface area contributed by atoms with Crippen LogP contribution in [0.4, 0.5) is 0 Å². The van der Waals surface area contributed by atoms with Crippen LogP contribution >= 0.6 is 0 Å². The van der Waals surface area contributed by atoms with Crippen LogP contribution < -0.4 is 9.47 Å². The first-order valence-corrected chi connectivity index (χ1v) is 6.29. The van der Waals surface area contributed by atoms with Crippen LogP contribution in [0.2, 0.25) is 0 Å². The molecule has 0 aromatic heterocycles. The molecule has 0 fully saturated rings. The van der Waals surface area contributed by atoms with Gasteiger partial charge in [-0.2, -0.15) is 0 Å². The van der Waals surface area contributed by atoms with E-state index >= 15 is 0 Å². The topological polar surface area (TPSA) is 18.5 Å². The summed E-state index contributed by atoms with van der Waals surface area (Å²) in [6.45, 7) is 11.8. The van der Waals surface area contributed by atoms with E-state index in [9.17, 15) is 0 Å². The lowest BCUT2D eigenvalue weighted by molar-refractivity contribution is 0.174. The Balaban J connectivity index is 2.23. The van der Waals surface area contributed by atoms with Crippen molar-refractivity contribution in [3.63, 3.8) is 0 Å². The molecule has 0 saturated heterocycles. The van der Waals surface area contributed by atoms with Crippen LogP contribution in [0.25, 0.3) is 0 Å². The Kier molecular flexibility index (Phi) is 3.07. The van der Waals surface area contributed by atoms with Crippen LogP contribution in [0.1, 0.15) is 46.1 Å². The standard InChI is InChI=1S/C15H22O2/c1-10(11(2)15(3,4)5)12-6-7-13-14(8-12)17-9-16-13/h6-8,10-11H,9H2,1-5H3. The molecule has 0 radical (unpaired) electrons. The highest BCUT2D eigenvalue weighted by Gasteiger charge is 2.27. The first kappa shape index (κ1) is 12.3. The molecule has 0 amide bonds. The molecule has 2 heteroatoms. The molecule has 2 nitrogen and oxygen atoms in total. The molecular formula is C15H22O2. The molecule has 2 atom stereocenters. The van der Waals surface area contributed by atoms with Gasteiger partial charge >= 0.3 is 0 Å². The van der Waals surface area contributed by atoms with Crippen molar-refractivity contribution in [1.29, 1.82) is 0 Å². The number of benzene rings is 1. The molecule has 0 bridgehead atoms. The third-order valence-electron chi connectivity index (χ3n) is 4.04. The smallest absolute Gasteiger partial charge is 0.231 e.